The van der Waals surface area contributed by atoms with Crippen LogP contribution in [-0.2, 0) is 9.59 Å². The zero-order valence-electron chi connectivity index (χ0n) is 17.2. The van der Waals surface area contributed by atoms with Gasteiger partial charge in [0.2, 0.25) is 18.6 Å². The van der Waals surface area contributed by atoms with Gasteiger partial charge < -0.3 is 19.7 Å². The minimum atomic E-state index is -0.885. The minimum Gasteiger partial charge on any atom is -0.454 e. The number of nitrogens with one attached hydrogen (secondary N) is 1. The molecule has 0 aromatic heterocycles. The maximum absolute atomic E-state index is 13.9. The fourth-order valence-corrected chi connectivity index (χ4v) is 5.05. The van der Waals surface area contributed by atoms with Gasteiger partial charge in [-0.25, -0.2) is 8.78 Å². The highest BCUT2D eigenvalue weighted by Crippen LogP contribution is 2.47. The van der Waals surface area contributed by atoms with Gasteiger partial charge in [-0.2, -0.15) is 0 Å². The number of rotatable bonds is 4. The Labute approximate surface area is 192 Å². The first kappa shape index (κ1) is 21.3. The van der Waals surface area contributed by atoms with Gasteiger partial charge in [-0.1, -0.05) is 18.2 Å². The van der Waals surface area contributed by atoms with E-state index in [0.717, 1.165) is 22.6 Å². The van der Waals surface area contributed by atoms with Crippen LogP contribution in [0.15, 0.2) is 65.6 Å². The molecule has 5 rings (SSSR count). The highest BCUT2D eigenvalue weighted by Gasteiger charge is 2.31. The third-order valence-electron chi connectivity index (χ3n) is 5.36. The first-order chi connectivity index (χ1) is 16.0. The van der Waals surface area contributed by atoms with Crippen molar-refractivity contribution < 1.29 is 27.8 Å². The Morgan fingerprint density at radius 2 is 1.88 bits per heavy atom. The van der Waals surface area contributed by atoms with Crippen LogP contribution in [0.5, 0.6) is 11.5 Å². The van der Waals surface area contributed by atoms with Crippen LogP contribution < -0.4 is 19.7 Å². The van der Waals surface area contributed by atoms with E-state index in [1.807, 2.05) is 30.3 Å². The molecule has 3 aromatic carbocycles. The highest BCUT2D eigenvalue weighted by atomic mass is 32.2. The summed E-state index contributed by atoms with van der Waals surface area (Å²) in [5.74, 6) is -1.16. The van der Waals surface area contributed by atoms with Gasteiger partial charge in [0, 0.05) is 22.6 Å². The topological polar surface area (TPSA) is 67.9 Å². The lowest BCUT2D eigenvalue weighted by atomic mass is 10.1. The lowest BCUT2D eigenvalue weighted by Crippen LogP contribution is -2.38. The predicted octanol–water partition coefficient (Wildman–Crippen LogP) is 4.90. The summed E-state index contributed by atoms with van der Waals surface area (Å²) in [6.07, 6.45) is 0.150. The van der Waals surface area contributed by atoms with E-state index in [0.29, 0.717) is 23.3 Å². The van der Waals surface area contributed by atoms with Crippen LogP contribution in [0, 0.1) is 11.6 Å². The fraction of sp³-hybridized carbons (Fsp3) is 0.167. The SMILES string of the molecule is O=C(CN1C(=O)CC(c2ccc3c(c2)OCO3)Sc2ccccc21)Nc1ccc(F)cc1F. The normalized spacial score (nSPS) is 16.8. The van der Waals surface area contributed by atoms with Crippen molar-refractivity contribution in [2.45, 2.75) is 16.6 Å². The van der Waals surface area contributed by atoms with E-state index < -0.39 is 17.5 Å². The monoisotopic (exact) mass is 468 g/mol. The predicted molar refractivity (Wildman–Crippen MR) is 120 cm³/mol. The second kappa shape index (κ2) is 8.74. The number of amides is 2. The van der Waals surface area contributed by atoms with Gasteiger partial charge in [-0.05, 0) is 42.0 Å². The number of thioether (sulfide) groups is 1. The van der Waals surface area contributed by atoms with Gasteiger partial charge in [0.05, 0.1) is 11.4 Å². The first-order valence-electron chi connectivity index (χ1n) is 10.2. The Hall–Kier alpha value is -3.59. The number of carbonyl (C=O) groups is 2. The van der Waals surface area contributed by atoms with E-state index in [1.54, 1.807) is 12.1 Å². The average molecular weight is 468 g/mol. The number of carbonyl (C=O) groups excluding carboxylic acids is 2. The quantitative estimate of drug-likeness (QED) is 0.590. The molecule has 33 heavy (non-hydrogen) atoms. The Morgan fingerprint density at radius 3 is 2.73 bits per heavy atom. The molecule has 0 fully saturated rings. The molecular formula is C24H18F2N2O4S. The third-order valence-corrected chi connectivity index (χ3v) is 6.68. The smallest absolute Gasteiger partial charge is 0.244 e. The molecule has 1 N–H and O–H groups in total. The average Bonchev–Trinajstić information content (AvgIpc) is 3.22. The second-order valence-corrected chi connectivity index (χ2v) is 8.79. The summed E-state index contributed by atoms with van der Waals surface area (Å²) in [6.45, 7) is -0.142. The standard InChI is InChI=1S/C24H18F2N2O4S/c25-15-6-7-17(16(26)10-15)27-23(29)12-28-18-3-1-2-4-21(18)33-22(11-24(28)30)14-5-8-19-20(9-14)32-13-31-19/h1-10,22H,11-13H2,(H,27,29). The van der Waals surface area contributed by atoms with Crippen molar-refractivity contribution >= 4 is 35.0 Å². The second-order valence-electron chi connectivity index (χ2n) is 7.54. The number of benzene rings is 3. The van der Waals surface area contributed by atoms with E-state index in [4.69, 9.17) is 9.47 Å². The lowest BCUT2D eigenvalue weighted by molar-refractivity contribution is -0.121. The zero-order chi connectivity index (χ0) is 22.9. The number of hydrogen-bond donors (Lipinski definition) is 1. The van der Waals surface area contributed by atoms with Crippen LogP contribution in [-0.4, -0.2) is 25.2 Å². The summed E-state index contributed by atoms with van der Waals surface area (Å²) in [7, 11) is 0. The van der Waals surface area contributed by atoms with Crippen molar-refractivity contribution in [1.29, 1.82) is 0 Å². The van der Waals surface area contributed by atoms with Gasteiger partial charge in [-0.15, -0.1) is 11.8 Å². The lowest BCUT2D eigenvalue weighted by Gasteiger charge is -2.22. The van der Waals surface area contributed by atoms with E-state index in [2.05, 4.69) is 5.32 Å². The Balaban J connectivity index is 1.39. The summed E-state index contributed by atoms with van der Waals surface area (Å²) in [4.78, 5) is 28.1. The van der Waals surface area contributed by atoms with Gasteiger partial charge in [0.15, 0.2) is 11.5 Å². The van der Waals surface area contributed by atoms with Crippen molar-refractivity contribution in [2.24, 2.45) is 0 Å². The molecule has 2 aliphatic rings. The summed E-state index contributed by atoms with van der Waals surface area (Å²) in [5, 5.41) is 2.22. The number of ether oxygens (including phenoxy) is 2. The third kappa shape index (κ3) is 4.36. The van der Waals surface area contributed by atoms with Gasteiger partial charge in [-0.3, -0.25) is 9.59 Å². The van der Waals surface area contributed by atoms with E-state index in [1.165, 1.54) is 16.7 Å². The number of fused-ring (bicyclic) bond motifs is 2. The first-order valence-corrected chi connectivity index (χ1v) is 11.1. The van der Waals surface area contributed by atoms with Gasteiger partial charge >= 0.3 is 0 Å². The number of para-hydroxylation sites is 1. The molecule has 0 spiro atoms. The van der Waals surface area contributed by atoms with Crippen LogP contribution in [0.3, 0.4) is 0 Å². The van der Waals surface area contributed by atoms with Crippen molar-refractivity contribution in [1.82, 2.24) is 0 Å². The maximum atomic E-state index is 13.9. The number of hydrogen-bond acceptors (Lipinski definition) is 5. The molecule has 168 valence electrons. The molecule has 3 aromatic rings. The molecule has 2 aliphatic heterocycles. The van der Waals surface area contributed by atoms with Crippen LogP contribution in [0.1, 0.15) is 17.2 Å². The Bertz CT molecular complexity index is 1250. The van der Waals surface area contributed by atoms with E-state index in [-0.39, 0.29) is 36.6 Å². The van der Waals surface area contributed by atoms with Crippen molar-refractivity contribution in [3.8, 4) is 11.5 Å². The fourth-order valence-electron chi connectivity index (χ4n) is 3.77. The maximum Gasteiger partial charge on any atom is 0.244 e. The molecule has 0 bridgehead atoms. The largest absolute Gasteiger partial charge is 0.454 e. The molecule has 9 heteroatoms. The van der Waals surface area contributed by atoms with Crippen LogP contribution in [0.25, 0.3) is 0 Å². The molecule has 0 saturated carbocycles. The summed E-state index contributed by atoms with van der Waals surface area (Å²) in [5.41, 5.74) is 1.36. The van der Waals surface area contributed by atoms with E-state index >= 15 is 0 Å². The van der Waals surface area contributed by atoms with Crippen LogP contribution >= 0.6 is 11.8 Å². The van der Waals surface area contributed by atoms with Crippen molar-refractivity contribution in [3.63, 3.8) is 0 Å². The molecule has 2 heterocycles. The van der Waals surface area contributed by atoms with Gasteiger partial charge in [0.1, 0.15) is 18.2 Å². The van der Waals surface area contributed by atoms with Crippen molar-refractivity contribution in [2.75, 3.05) is 23.6 Å². The molecule has 6 nitrogen and oxygen atoms in total. The molecule has 1 atom stereocenters. The highest BCUT2D eigenvalue weighted by molar-refractivity contribution is 7.99. The summed E-state index contributed by atoms with van der Waals surface area (Å²) >= 11 is 1.53. The number of anilines is 2. The molecule has 0 saturated heterocycles. The number of halogens is 2. The van der Waals surface area contributed by atoms with E-state index in [9.17, 15) is 18.4 Å². The minimum absolute atomic E-state index is 0.149. The zero-order valence-corrected chi connectivity index (χ0v) is 18.0. The molecule has 1 unspecified atom stereocenters. The van der Waals surface area contributed by atoms with Crippen molar-refractivity contribution in [3.05, 3.63) is 77.9 Å². The molecule has 0 radical (unpaired) electrons. The number of nitrogens with zero attached hydrogens (tertiary/aromatic N) is 1. The van der Waals surface area contributed by atoms with Gasteiger partial charge in [0.25, 0.3) is 0 Å². The van der Waals surface area contributed by atoms with Crippen LogP contribution in [0.2, 0.25) is 0 Å². The summed E-state index contributed by atoms with van der Waals surface area (Å²) < 4.78 is 37.9. The Kier molecular flexibility index (Phi) is 5.63. The van der Waals surface area contributed by atoms with Crippen LogP contribution in [0.4, 0.5) is 20.2 Å². The molecule has 2 amide bonds. The molecular weight excluding hydrogens is 450 g/mol. The molecule has 0 aliphatic carbocycles. The summed E-state index contributed by atoms with van der Waals surface area (Å²) in [6, 6.07) is 15.8. The Morgan fingerprint density at radius 1 is 1.06 bits per heavy atom.